The fraction of sp³-hybridized carbons (Fsp3) is 0.529. The molecule has 1 fully saturated rings. The van der Waals surface area contributed by atoms with Crippen molar-refractivity contribution in [1.82, 2.24) is 4.90 Å². The SMILES string of the molecule is CCCCC(=O)c1ccc(SCC(=O)N2CCCC2)cc1. The Morgan fingerprint density at radius 2 is 1.81 bits per heavy atom. The van der Waals surface area contributed by atoms with Gasteiger partial charge >= 0.3 is 0 Å². The zero-order valence-electron chi connectivity index (χ0n) is 12.6. The monoisotopic (exact) mass is 305 g/mol. The van der Waals surface area contributed by atoms with Crippen LogP contribution in [0.4, 0.5) is 0 Å². The molecule has 0 bridgehead atoms. The van der Waals surface area contributed by atoms with E-state index in [0.29, 0.717) is 12.2 Å². The van der Waals surface area contributed by atoms with Crippen molar-refractivity contribution in [3.8, 4) is 0 Å². The quantitative estimate of drug-likeness (QED) is 0.568. The third-order valence-electron chi connectivity index (χ3n) is 3.75. The molecule has 1 aromatic rings. The van der Waals surface area contributed by atoms with Gasteiger partial charge in [0.05, 0.1) is 5.75 Å². The summed E-state index contributed by atoms with van der Waals surface area (Å²) < 4.78 is 0. The zero-order chi connectivity index (χ0) is 15.1. The van der Waals surface area contributed by atoms with Gasteiger partial charge in [-0.2, -0.15) is 0 Å². The van der Waals surface area contributed by atoms with E-state index in [9.17, 15) is 9.59 Å². The maximum atomic E-state index is 12.0. The van der Waals surface area contributed by atoms with E-state index in [-0.39, 0.29) is 11.7 Å². The van der Waals surface area contributed by atoms with Crippen LogP contribution in [0.3, 0.4) is 0 Å². The normalized spacial score (nSPS) is 14.4. The predicted octanol–water partition coefficient (Wildman–Crippen LogP) is 3.77. The first-order valence-corrected chi connectivity index (χ1v) is 8.73. The molecule has 1 aromatic carbocycles. The third kappa shape index (κ3) is 4.88. The molecule has 0 N–H and O–H groups in total. The van der Waals surface area contributed by atoms with E-state index in [1.807, 2.05) is 29.2 Å². The summed E-state index contributed by atoms with van der Waals surface area (Å²) in [5.74, 6) is 0.922. The van der Waals surface area contributed by atoms with Gasteiger partial charge in [0.2, 0.25) is 5.91 Å². The molecule has 1 aliphatic heterocycles. The summed E-state index contributed by atoms with van der Waals surface area (Å²) in [5.41, 5.74) is 0.777. The van der Waals surface area contributed by atoms with Crippen molar-refractivity contribution in [2.45, 2.75) is 43.9 Å². The van der Waals surface area contributed by atoms with Gasteiger partial charge in [-0.05, 0) is 31.4 Å². The molecule has 0 atom stereocenters. The first kappa shape index (κ1) is 16.1. The van der Waals surface area contributed by atoms with Gasteiger partial charge in [-0.25, -0.2) is 0 Å². The van der Waals surface area contributed by atoms with Crippen LogP contribution in [0.2, 0.25) is 0 Å². The van der Waals surface area contributed by atoms with Crippen LogP contribution in [0.1, 0.15) is 49.4 Å². The van der Waals surface area contributed by atoms with E-state index in [0.717, 1.165) is 49.2 Å². The van der Waals surface area contributed by atoms with Crippen LogP contribution < -0.4 is 0 Å². The smallest absolute Gasteiger partial charge is 0.232 e. The summed E-state index contributed by atoms with van der Waals surface area (Å²) in [7, 11) is 0. The third-order valence-corrected chi connectivity index (χ3v) is 4.75. The Bertz CT molecular complexity index is 478. The van der Waals surface area contributed by atoms with Crippen molar-refractivity contribution in [3.05, 3.63) is 29.8 Å². The van der Waals surface area contributed by atoms with Gasteiger partial charge in [-0.15, -0.1) is 11.8 Å². The highest BCUT2D eigenvalue weighted by Gasteiger charge is 2.17. The van der Waals surface area contributed by atoms with Crippen LogP contribution in [-0.2, 0) is 4.79 Å². The average molecular weight is 305 g/mol. The number of rotatable bonds is 7. The van der Waals surface area contributed by atoms with Crippen molar-refractivity contribution < 1.29 is 9.59 Å². The van der Waals surface area contributed by atoms with E-state index < -0.39 is 0 Å². The lowest BCUT2D eigenvalue weighted by atomic mass is 10.1. The minimum Gasteiger partial charge on any atom is -0.342 e. The first-order chi connectivity index (χ1) is 10.2. The molecule has 1 saturated heterocycles. The lowest BCUT2D eigenvalue weighted by Gasteiger charge is -2.14. The number of ketones is 1. The van der Waals surface area contributed by atoms with Gasteiger partial charge < -0.3 is 4.90 Å². The molecule has 0 radical (unpaired) electrons. The van der Waals surface area contributed by atoms with Crippen LogP contribution in [0.15, 0.2) is 29.2 Å². The minimum atomic E-state index is 0.210. The fourth-order valence-corrected chi connectivity index (χ4v) is 3.22. The molecular formula is C17H23NO2S. The largest absolute Gasteiger partial charge is 0.342 e. The predicted molar refractivity (Wildman–Crippen MR) is 86.8 cm³/mol. The van der Waals surface area contributed by atoms with E-state index in [4.69, 9.17) is 0 Å². The number of carbonyl (C=O) groups is 2. The molecule has 0 spiro atoms. The number of amides is 1. The highest BCUT2D eigenvalue weighted by Crippen LogP contribution is 2.20. The summed E-state index contributed by atoms with van der Waals surface area (Å²) >= 11 is 1.55. The molecule has 1 aliphatic rings. The second kappa shape index (κ2) is 8.23. The second-order valence-corrected chi connectivity index (χ2v) is 6.48. The summed E-state index contributed by atoms with van der Waals surface area (Å²) in [6.07, 6.45) is 4.87. The fourth-order valence-electron chi connectivity index (χ4n) is 2.42. The van der Waals surface area contributed by atoms with Crippen LogP contribution in [0.25, 0.3) is 0 Å². The summed E-state index contributed by atoms with van der Waals surface area (Å²) in [6.45, 7) is 3.90. The number of benzene rings is 1. The van der Waals surface area contributed by atoms with Crippen molar-refractivity contribution >= 4 is 23.5 Å². The molecule has 0 aromatic heterocycles. The standard InChI is InChI=1S/C17H23NO2S/c1-2-3-6-16(19)14-7-9-15(10-8-14)21-13-17(20)18-11-4-5-12-18/h7-10H,2-6,11-13H2,1H3. The maximum Gasteiger partial charge on any atom is 0.232 e. The summed E-state index contributed by atoms with van der Waals surface area (Å²) in [4.78, 5) is 26.8. The number of carbonyl (C=O) groups excluding carboxylic acids is 2. The Labute approximate surface area is 131 Å². The van der Waals surface area contributed by atoms with Crippen LogP contribution in [0.5, 0.6) is 0 Å². The van der Waals surface area contributed by atoms with Crippen LogP contribution in [0, 0.1) is 0 Å². The Hall–Kier alpha value is -1.29. The number of hydrogen-bond donors (Lipinski definition) is 0. The Kier molecular flexibility index (Phi) is 6.30. The first-order valence-electron chi connectivity index (χ1n) is 7.74. The Morgan fingerprint density at radius 1 is 1.14 bits per heavy atom. The molecule has 4 heteroatoms. The van der Waals surface area contributed by atoms with E-state index in [1.54, 1.807) is 11.8 Å². The van der Waals surface area contributed by atoms with E-state index >= 15 is 0 Å². The van der Waals surface area contributed by atoms with Gasteiger partial charge in [-0.1, -0.05) is 25.5 Å². The highest BCUT2D eigenvalue weighted by atomic mass is 32.2. The van der Waals surface area contributed by atoms with Gasteiger partial charge in [0.1, 0.15) is 0 Å². The molecule has 0 unspecified atom stereocenters. The molecule has 21 heavy (non-hydrogen) atoms. The minimum absolute atomic E-state index is 0.210. The van der Waals surface area contributed by atoms with Gasteiger partial charge in [0.15, 0.2) is 5.78 Å². The Balaban J connectivity index is 1.81. The van der Waals surface area contributed by atoms with Gasteiger partial charge in [0.25, 0.3) is 0 Å². The summed E-state index contributed by atoms with van der Waals surface area (Å²) in [6, 6.07) is 7.64. The topological polar surface area (TPSA) is 37.4 Å². The second-order valence-electron chi connectivity index (χ2n) is 5.43. The number of hydrogen-bond acceptors (Lipinski definition) is 3. The number of Topliss-reactive ketones (excluding diaryl/α,β-unsaturated/α-hetero) is 1. The van der Waals surface area contributed by atoms with Gasteiger partial charge in [0, 0.05) is 30.0 Å². The highest BCUT2D eigenvalue weighted by molar-refractivity contribution is 8.00. The number of thioether (sulfide) groups is 1. The molecule has 114 valence electrons. The molecule has 0 aliphatic carbocycles. The lowest BCUT2D eigenvalue weighted by molar-refractivity contribution is -0.127. The lowest BCUT2D eigenvalue weighted by Crippen LogP contribution is -2.29. The van der Waals surface area contributed by atoms with Crippen molar-refractivity contribution in [2.24, 2.45) is 0 Å². The Morgan fingerprint density at radius 3 is 2.43 bits per heavy atom. The molecule has 3 nitrogen and oxygen atoms in total. The van der Waals surface area contributed by atoms with Gasteiger partial charge in [-0.3, -0.25) is 9.59 Å². The van der Waals surface area contributed by atoms with E-state index in [2.05, 4.69) is 6.92 Å². The molecule has 1 heterocycles. The molecule has 2 rings (SSSR count). The van der Waals surface area contributed by atoms with Crippen LogP contribution >= 0.6 is 11.8 Å². The summed E-state index contributed by atoms with van der Waals surface area (Å²) in [5, 5.41) is 0. The number of nitrogens with zero attached hydrogens (tertiary/aromatic N) is 1. The number of likely N-dealkylation sites (tertiary alicyclic amines) is 1. The van der Waals surface area contributed by atoms with Crippen molar-refractivity contribution in [2.75, 3.05) is 18.8 Å². The van der Waals surface area contributed by atoms with Crippen molar-refractivity contribution in [1.29, 1.82) is 0 Å². The van der Waals surface area contributed by atoms with E-state index in [1.165, 1.54) is 0 Å². The average Bonchev–Trinajstić information content (AvgIpc) is 3.05. The maximum absolute atomic E-state index is 12.0. The van der Waals surface area contributed by atoms with Crippen LogP contribution in [-0.4, -0.2) is 35.4 Å². The number of unbranched alkanes of at least 4 members (excludes halogenated alkanes) is 1. The van der Waals surface area contributed by atoms with Crippen molar-refractivity contribution in [3.63, 3.8) is 0 Å². The molecule has 1 amide bonds. The molecule has 0 saturated carbocycles. The zero-order valence-corrected chi connectivity index (χ0v) is 13.5. The molecular weight excluding hydrogens is 282 g/mol.